The highest BCUT2D eigenvalue weighted by atomic mass is 14.8. The molecule has 0 saturated heterocycles. The molecule has 1 unspecified atom stereocenters. The van der Waals surface area contributed by atoms with Crippen LogP contribution in [-0.4, -0.2) is 11.5 Å². The van der Waals surface area contributed by atoms with E-state index in [2.05, 4.69) is 64.4 Å². The van der Waals surface area contributed by atoms with Gasteiger partial charge in [0.05, 0.1) is 5.84 Å². The van der Waals surface area contributed by atoms with Crippen LogP contribution in [0.25, 0.3) is 6.08 Å². The molecule has 0 bridgehead atoms. The number of nitrogens with two attached hydrogens (primary N) is 1. The van der Waals surface area contributed by atoms with Crippen LogP contribution in [0.4, 0.5) is 0 Å². The molecule has 146 valence electrons. The van der Waals surface area contributed by atoms with Crippen molar-refractivity contribution in [2.45, 2.75) is 60.8 Å². The maximum Gasteiger partial charge on any atom is 0.0957 e. The van der Waals surface area contributed by atoms with Gasteiger partial charge in [0.2, 0.25) is 0 Å². The van der Waals surface area contributed by atoms with Gasteiger partial charge in [-0.25, -0.2) is 4.99 Å². The Hall–Kier alpha value is -2.42. The Kier molecular flexibility index (Phi) is 9.49. The van der Waals surface area contributed by atoms with Gasteiger partial charge in [-0.15, -0.1) is 0 Å². The van der Waals surface area contributed by atoms with E-state index in [0.717, 1.165) is 47.4 Å². The molecule has 1 atom stereocenters. The molecule has 0 radical (unpaired) electrons. The SMILES string of the molecule is C=Cc1ccc(C(C)=N/C(=C(C)/C=C\N=C(C)N)C(CC)CCC)cc1C. The highest BCUT2D eigenvalue weighted by Crippen LogP contribution is 2.27. The van der Waals surface area contributed by atoms with Crippen molar-refractivity contribution < 1.29 is 0 Å². The van der Waals surface area contributed by atoms with Gasteiger partial charge in [0.25, 0.3) is 0 Å². The second-order valence-electron chi connectivity index (χ2n) is 7.02. The number of hydrogen-bond acceptors (Lipinski definition) is 2. The van der Waals surface area contributed by atoms with Crippen LogP contribution in [0.2, 0.25) is 0 Å². The molecule has 2 N–H and O–H groups in total. The summed E-state index contributed by atoms with van der Waals surface area (Å²) in [6, 6.07) is 6.41. The topological polar surface area (TPSA) is 50.7 Å². The van der Waals surface area contributed by atoms with Crippen LogP contribution in [0.1, 0.15) is 70.6 Å². The molecular weight excluding hydrogens is 330 g/mol. The summed E-state index contributed by atoms with van der Waals surface area (Å²) in [6.07, 6.45) is 8.99. The average Bonchev–Trinajstić information content (AvgIpc) is 2.63. The molecule has 1 aromatic carbocycles. The molecule has 1 aromatic rings. The molecule has 0 amide bonds. The van der Waals surface area contributed by atoms with Crippen LogP contribution in [-0.2, 0) is 0 Å². The lowest BCUT2D eigenvalue weighted by atomic mass is 9.93. The molecule has 0 heterocycles. The number of benzene rings is 1. The van der Waals surface area contributed by atoms with E-state index < -0.39 is 0 Å². The first kappa shape index (κ1) is 22.6. The van der Waals surface area contributed by atoms with E-state index in [1.165, 1.54) is 5.56 Å². The van der Waals surface area contributed by atoms with E-state index in [1.54, 1.807) is 13.1 Å². The summed E-state index contributed by atoms with van der Waals surface area (Å²) in [7, 11) is 0. The number of aryl methyl sites for hydroxylation is 1. The lowest BCUT2D eigenvalue weighted by Crippen LogP contribution is -2.07. The molecule has 0 fully saturated rings. The zero-order valence-corrected chi connectivity index (χ0v) is 17.8. The first-order valence-corrected chi connectivity index (χ1v) is 9.79. The third-order valence-corrected chi connectivity index (χ3v) is 4.72. The monoisotopic (exact) mass is 365 g/mol. The summed E-state index contributed by atoms with van der Waals surface area (Å²) in [5.74, 6) is 0.991. The Morgan fingerprint density at radius 3 is 2.44 bits per heavy atom. The van der Waals surface area contributed by atoms with Crippen molar-refractivity contribution in [1.29, 1.82) is 0 Å². The summed E-state index contributed by atoms with van der Waals surface area (Å²) in [5.41, 5.74) is 12.5. The first-order chi connectivity index (χ1) is 12.8. The third-order valence-electron chi connectivity index (χ3n) is 4.72. The summed E-state index contributed by atoms with van der Waals surface area (Å²) in [6.45, 7) is 16.4. The Balaban J connectivity index is 3.38. The maximum atomic E-state index is 5.63. The van der Waals surface area contributed by atoms with Gasteiger partial charge in [-0.3, -0.25) is 4.99 Å². The smallest absolute Gasteiger partial charge is 0.0957 e. The third kappa shape index (κ3) is 7.01. The largest absolute Gasteiger partial charge is 0.387 e. The molecule has 0 spiro atoms. The van der Waals surface area contributed by atoms with E-state index in [4.69, 9.17) is 10.7 Å². The maximum absolute atomic E-state index is 5.63. The van der Waals surface area contributed by atoms with Gasteiger partial charge in [-0.2, -0.15) is 0 Å². The lowest BCUT2D eigenvalue weighted by Gasteiger charge is -2.18. The molecular formula is C24H35N3. The zero-order chi connectivity index (χ0) is 20.4. The van der Waals surface area contributed by atoms with Crippen molar-refractivity contribution in [3.63, 3.8) is 0 Å². The Bertz CT molecular complexity index is 760. The van der Waals surface area contributed by atoms with Crippen LogP contribution >= 0.6 is 0 Å². The highest BCUT2D eigenvalue weighted by Gasteiger charge is 2.14. The Morgan fingerprint density at radius 1 is 1.22 bits per heavy atom. The van der Waals surface area contributed by atoms with E-state index in [9.17, 15) is 0 Å². The number of amidine groups is 1. The number of aliphatic imine (C=N–C) groups is 2. The highest BCUT2D eigenvalue weighted by molar-refractivity contribution is 5.99. The minimum absolute atomic E-state index is 0.436. The summed E-state index contributed by atoms with van der Waals surface area (Å²) < 4.78 is 0. The lowest BCUT2D eigenvalue weighted by molar-refractivity contribution is 0.527. The van der Waals surface area contributed by atoms with Crippen molar-refractivity contribution in [3.8, 4) is 0 Å². The van der Waals surface area contributed by atoms with Gasteiger partial charge in [-0.1, -0.05) is 45.1 Å². The minimum atomic E-state index is 0.436. The standard InChI is InChI=1S/C24H35N3/c1-8-11-22(10-3)24(17(4)14-15-26-20(7)25)27-19(6)23-13-12-21(9-2)18(5)16-23/h9,12-16,22H,2,8,10-11H2,1,3-7H3,(H2,25,26)/b15-14-,24-17+,27-19?. The predicted octanol–water partition coefficient (Wildman–Crippen LogP) is 6.44. The fourth-order valence-corrected chi connectivity index (χ4v) is 3.11. The van der Waals surface area contributed by atoms with Crippen LogP contribution in [0.15, 0.2) is 58.3 Å². The molecule has 3 heteroatoms. The van der Waals surface area contributed by atoms with Crippen LogP contribution in [0, 0.1) is 12.8 Å². The number of hydrogen-bond donors (Lipinski definition) is 1. The van der Waals surface area contributed by atoms with Crippen molar-refractivity contribution in [2.75, 3.05) is 0 Å². The van der Waals surface area contributed by atoms with Gasteiger partial charge in [0, 0.05) is 23.5 Å². The van der Waals surface area contributed by atoms with E-state index >= 15 is 0 Å². The molecule has 1 rings (SSSR count). The molecule has 0 aromatic heterocycles. The Labute approximate surface area is 165 Å². The molecule has 0 aliphatic heterocycles. The predicted molar refractivity (Wildman–Crippen MR) is 121 cm³/mol. The second-order valence-corrected chi connectivity index (χ2v) is 7.02. The summed E-state index contributed by atoms with van der Waals surface area (Å²) in [5, 5.41) is 0. The minimum Gasteiger partial charge on any atom is -0.387 e. The zero-order valence-electron chi connectivity index (χ0n) is 17.8. The number of allylic oxidation sites excluding steroid dienone is 3. The van der Waals surface area contributed by atoms with Crippen molar-refractivity contribution >= 4 is 17.6 Å². The molecule has 3 nitrogen and oxygen atoms in total. The van der Waals surface area contributed by atoms with Gasteiger partial charge < -0.3 is 5.73 Å². The van der Waals surface area contributed by atoms with Crippen molar-refractivity contribution in [3.05, 3.63) is 65.0 Å². The molecule has 27 heavy (non-hydrogen) atoms. The molecule has 0 saturated carbocycles. The van der Waals surface area contributed by atoms with E-state index in [0.29, 0.717) is 11.8 Å². The summed E-state index contributed by atoms with van der Waals surface area (Å²) in [4.78, 5) is 9.24. The van der Waals surface area contributed by atoms with Crippen molar-refractivity contribution in [1.82, 2.24) is 0 Å². The second kappa shape index (κ2) is 11.3. The fraction of sp³-hybridized carbons (Fsp3) is 0.417. The average molecular weight is 366 g/mol. The summed E-state index contributed by atoms with van der Waals surface area (Å²) >= 11 is 0. The van der Waals surface area contributed by atoms with Gasteiger partial charge >= 0.3 is 0 Å². The molecule has 0 aliphatic carbocycles. The fourth-order valence-electron chi connectivity index (χ4n) is 3.11. The normalized spacial score (nSPS) is 15.0. The van der Waals surface area contributed by atoms with Gasteiger partial charge in [0.1, 0.15) is 0 Å². The van der Waals surface area contributed by atoms with Crippen LogP contribution in [0.5, 0.6) is 0 Å². The van der Waals surface area contributed by atoms with E-state index in [1.807, 2.05) is 12.2 Å². The number of nitrogens with zero attached hydrogens (tertiary/aromatic N) is 2. The van der Waals surface area contributed by atoms with Crippen LogP contribution < -0.4 is 5.73 Å². The first-order valence-electron chi connectivity index (χ1n) is 9.79. The van der Waals surface area contributed by atoms with Gasteiger partial charge in [0.15, 0.2) is 0 Å². The number of rotatable bonds is 9. The van der Waals surface area contributed by atoms with Gasteiger partial charge in [-0.05, 0) is 74.9 Å². The van der Waals surface area contributed by atoms with Crippen molar-refractivity contribution in [2.24, 2.45) is 21.6 Å². The van der Waals surface area contributed by atoms with E-state index in [-0.39, 0.29) is 0 Å². The quantitative estimate of drug-likeness (QED) is 0.305. The Morgan fingerprint density at radius 2 is 1.93 bits per heavy atom. The molecule has 0 aliphatic rings. The van der Waals surface area contributed by atoms with Crippen LogP contribution in [0.3, 0.4) is 0 Å².